The van der Waals surface area contributed by atoms with Gasteiger partial charge in [0.05, 0.1) is 0 Å². The highest BCUT2D eigenvalue weighted by Gasteiger charge is 2.79. The van der Waals surface area contributed by atoms with Crippen LogP contribution in [0.4, 0.5) is 48.3 Å². The van der Waals surface area contributed by atoms with Crippen molar-refractivity contribution in [3.05, 3.63) is 0 Å². The summed E-state index contributed by atoms with van der Waals surface area (Å²) in [7, 11) is 0. The third-order valence-electron chi connectivity index (χ3n) is 3.25. The number of nitrogens with two attached hydrogens (primary N) is 2. The van der Waals surface area contributed by atoms with Crippen molar-refractivity contribution < 1.29 is 57.8 Å². The summed E-state index contributed by atoms with van der Waals surface area (Å²) >= 11 is 0. The molecule has 0 saturated carbocycles. The summed E-state index contributed by atoms with van der Waals surface area (Å²) in [6.07, 6.45) is -20.9. The van der Waals surface area contributed by atoms with Crippen LogP contribution in [0, 0.1) is 0 Å². The Labute approximate surface area is 156 Å². The molecule has 0 aromatic rings. The molecule has 17 heteroatoms. The molecule has 0 spiro atoms. The fourth-order valence-corrected chi connectivity index (χ4v) is 1.78. The number of alkyl halides is 11. The van der Waals surface area contributed by atoms with E-state index in [0.29, 0.717) is 0 Å². The zero-order valence-corrected chi connectivity index (χ0v) is 14.3. The Morgan fingerprint density at radius 3 is 1.59 bits per heavy atom. The van der Waals surface area contributed by atoms with Gasteiger partial charge in [0.15, 0.2) is 0 Å². The first-order valence-electron chi connectivity index (χ1n) is 7.56. The standard InChI is InChI=1S/C12H17F11N4O2/c13-8(10(16,17)18,29-12(22,23)9(14,15)11(19,20)21)7(28)26-3-6-27(4-1-24)5-2-25/h1-6,24-25H2,(H,26,28). The molecule has 0 fully saturated rings. The van der Waals surface area contributed by atoms with Gasteiger partial charge in [-0.2, -0.15) is 48.3 Å². The van der Waals surface area contributed by atoms with E-state index in [9.17, 15) is 53.1 Å². The maximum absolute atomic E-state index is 13.9. The molecule has 0 aliphatic carbocycles. The summed E-state index contributed by atoms with van der Waals surface area (Å²) in [5, 5.41) is 1.15. The van der Waals surface area contributed by atoms with Crippen molar-refractivity contribution >= 4 is 5.91 Å². The predicted octanol–water partition coefficient (Wildman–Crippen LogP) is 1.36. The van der Waals surface area contributed by atoms with Crippen LogP contribution in [-0.4, -0.2) is 80.3 Å². The fraction of sp³-hybridized carbons (Fsp3) is 0.917. The first-order valence-corrected chi connectivity index (χ1v) is 7.56. The summed E-state index contributed by atoms with van der Waals surface area (Å²) in [4.78, 5) is 12.8. The zero-order chi connectivity index (χ0) is 23.3. The van der Waals surface area contributed by atoms with Crippen LogP contribution < -0.4 is 16.8 Å². The second-order valence-corrected chi connectivity index (χ2v) is 5.46. The van der Waals surface area contributed by atoms with Crippen molar-refractivity contribution in [1.82, 2.24) is 10.2 Å². The zero-order valence-electron chi connectivity index (χ0n) is 14.3. The molecule has 0 heterocycles. The van der Waals surface area contributed by atoms with Crippen LogP contribution in [-0.2, 0) is 9.53 Å². The van der Waals surface area contributed by atoms with Gasteiger partial charge in [-0.3, -0.25) is 14.4 Å². The first-order chi connectivity index (χ1) is 12.9. The largest absolute Gasteiger partial charge is 0.462 e. The second-order valence-electron chi connectivity index (χ2n) is 5.46. The maximum Gasteiger partial charge on any atom is 0.462 e. The topological polar surface area (TPSA) is 93.6 Å². The van der Waals surface area contributed by atoms with Crippen LogP contribution in [0.25, 0.3) is 0 Å². The normalized spacial score (nSPS) is 16.1. The van der Waals surface area contributed by atoms with Crippen molar-refractivity contribution in [2.75, 3.05) is 39.3 Å². The summed E-state index contributed by atoms with van der Waals surface area (Å²) in [6.45, 7) is -0.899. The third kappa shape index (κ3) is 6.51. The minimum absolute atomic E-state index is 0.0331. The van der Waals surface area contributed by atoms with Gasteiger partial charge in [0, 0.05) is 39.3 Å². The molecule has 0 aromatic heterocycles. The summed E-state index contributed by atoms with van der Waals surface area (Å²) in [5.74, 6) is -16.5. The van der Waals surface area contributed by atoms with Crippen molar-refractivity contribution in [2.45, 2.75) is 30.2 Å². The quantitative estimate of drug-likeness (QED) is 0.407. The maximum atomic E-state index is 13.9. The van der Waals surface area contributed by atoms with Crippen LogP contribution in [0.3, 0.4) is 0 Å². The number of amides is 1. The van der Waals surface area contributed by atoms with E-state index < -0.39 is 42.7 Å². The second kappa shape index (κ2) is 9.57. The molecule has 0 rings (SSSR count). The molecule has 29 heavy (non-hydrogen) atoms. The van der Waals surface area contributed by atoms with E-state index in [1.165, 1.54) is 4.90 Å². The molecule has 1 amide bonds. The molecule has 0 aliphatic rings. The number of ether oxygens (including phenoxy) is 1. The molecule has 6 nitrogen and oxygen atoms in total. The molecule has 5 N–H and O–H groups in total. The van der Waals surface area contributed by atoms with Crippen LogP contribution in [0.15, 0.2) is 0 Å². The van der Waals surface area contributed by atoms with Gasteiger partial charge in [0.1, 0.15) is 0 Å². The highest BCUT2D eigenvalue weighted by atomic mass is 19.4. The van der Waals surface area contributed by atoms with E-state index >= 15 is 0 Å². The van der Waals surface area contributed by atoms with Gasteiger partial charge in [0.2, 0.25) is 0 Å². The Kier molecular flexibility index (Phi) is 9.08. The lowest BCUT2D eigenvalue weighted by molar-refractivity contribution is -0.472. The third-order valence-corrected chi connectivity index (χ3v) is 3.25. The van der Waals surface area contributed by atoms with E-state index in [4.69, 9.17) is 11.5 Å². The molecule has 0 bridgehead atoms. The Balaban J connectivity index is 5.50. The van der Waals surface area contributed by atoms with Gasteiger partial charge in [-0.05, 0) is 0 Å². The minimum atomic E-state index is -7.23. The lowest BCUT2D eigenvalue weighted by Gasteiger charge is -2.34. The predicted molar refractivity (Wildman–Crippen MR) is 74.5 cm³/mol. The number of nitrogens with zero attached hydrogens (tertiary/aromatic N) is 1. The number of halogens is 11. The van der Waals surface area contributed by atoms with E-state index in [2.05, 4.69) is 4.74 Å². The smallest absolute Gasteiger partial charge is 0.350 e. The molecule has 1 atom stereocenters. The molecule has 1 unspecified atom stereocenters. The van der Waals surface area contributed by atoms with Crippen molar-refractivity contribution in [3.8, 4) is 0 Å². The molecule has 0 saturated heterocycles. The summed E-state index contributed by atoms with van der Waals surface area (Å²) in [6, 6.07) is 0. The van der Waals surface area contributed by atoms with E-state index in [-0.39, 0.29) is 32.7 Å². The number of hydrogen-bond donors (Lipinski definition) is 3. The number of carbonyl (C=O) groups is 1. The van der Waals surface area contributed by atoms with Crippen molar-refractivity contribution in [2.24, 2.45) is 11.5 Å². The lowest BCUT2D eigenvalue weighted by Crippen LogP contribution is -2.63. The molecular weight excluding hydrogens is 441 g/mol. The van der Waals surface area contributed by atoms with E-state index in [1.54, 1.807) is 0 Å². The van der Waals surface area contributed by atoms with Crippen molar-refractivity contribution in [1.29, 1.82) is 0 Å². The van der Waals surface area contributed by atoms with Gasteiger partial charge in [0.25, 0.3) is 5.91 Å². The molecule has 0 aromatic carbocycles. The van der Waals surface area contributed by atoms with Gasteiger partial charge >= 0.3 is 30.2 Å². The Morgan fingerprint density at radius 1 is 0.793 bits per heavy atom. The Hall–Kier alpha value is -1.46. The van der Waals surface area contributed by atoms with Crippen LogP contribution >= 0.6 is 0 Å². The first kappa shape index (κ1) is 27.5. The lowest BCUT2D eigenvalue weighted by atomic mass is 10.2. The highest BCUT2D eigenvalue weighted by molar-refractivity contribution is 5.84. The summed E-state index contributed by atoms with van der Waals surface area (Å²) in [5.41, 5.74) is 10.4. The molecular formula is C12H17F11N4O2. The average Bonchev–Trinajstić information content (AvgIpc) is 2.52. The van der Waals surface area contributed by atoms with Crippen LogP contribution in [0.2, 0.25) is 0 Å². The fourth-order valence-electron chi connectivity index (χ4n) is 1.78. The van der Waals surface area contributed by atoms with E-state index in [1.807, 2.05) is 0 Å². The number of carbonyl (C=O) groups excluding carboxylic acids is 1. The van der Waals surface area contributed by atoms with Gasteiger partial charge in [-0.25, -0.2) is 0 Å². The molecule has 0 aliphatic heterocycles. The van der Waals surface area contributed by atoms with Crippen LogP contribution in [0.5, 0.6) is 0 Å². The molecule has 0 radical (unpaired) electrons. The van der Waals surface area contributed by atoms with Gasteiger partial charge in [-0.1, -0.05) is 0 Å². The highest BCUT2D eigenvalue weighted by Crippen LogP contribution is 2.50. The van der Waals surface area contributed by atoms with Gasteiger partial charge < -0.3 is 16.8 Å². The van der Waals surface area contributed by atoms with Gasteiger partial charge in [-0.15, -0.1) is 0 Å². The monoisotopic (exact) mass is 458 g/mol. The minimum Gasteiger partial charge on any atom is -0.350 e. The number of nitrogens with one attached hydrogen (secondary N) is 1. The Bertz CT molecular complexity index is 535. The van der Waals surface area contributed by atoms with Crippen molar-refractivity contribution in [3.63, 3.8) is 0 Å². The number of rotatable bonds is 11. The van der Waals surface area contributed by atoms with Crippen LogP contribution in [0.1, 0.15) is 0 Å². The average molecular weight is 458 g/mol. The SMILES string of the molecule is NCCN(CCN)CCNC(=O)C(F)(OC(F)(F)C(F)(F)C(F)(F)F)C(F)(F)F. The molecule has 174 valence electrons. The summed E-state index contributed by atoms with van der Waals surface area (Å²) < 4.78 is 142. The number of hydrogen-bond acceptors (Lipinski definition) is 5. The van der Waals surface area contributed by atoms with E-state index in [0.717, 1.165) is 5.32 Å². The Morgan fingerprint density at radius 2 is 1.24 bits per heavy atom.